The van der Waals surface area contributed by atoms with Gasteiger partial charge in [-0.1, -0.05) is 0 Å². The SMILES string of the molecule is COCCN(C)S(=O)(=O)C1CCCN(Cc2cnc3c(c2)c(C)nn3C)C1. The van der Waals surface area contributed by atoms with E-state index in [2.05, 4.69) is 21.0 Å². The molecule has 0 aliphatic carbocycles. The Hall–Kier alpha value is -1.55. The van der Waals surface area contributed by atoms with Crippen LogP contribution in [0, 0.1) is 6.92 Å². The second kappa shape index (κ2) is 8.22. The summed E-state index contributed by atoms with van der Waals surface area (Å²) < 4.78 is 33.9. The zero-order valence-corrected chi connectivity index (χ0v) is 17.4. The van der Waals surface area contributed by atoms with Gasteiger partial charge in [0.1, 0.15) is 0 Å². The van der Waals surface area contributed by atoms with Crippen molar-refractivity contribution in [3.8, 4) is 0 Å². The van der Waals surface area contributed by atoms with E-state index in [1.807, 2.05) is 20.2 Å². The van der Waals surface area contributed by atoms with Crippen LogP contribution in [0.2, 0.25) is 0 Å². The van der Waals surface area contributed by atoms with Crippen molar-refractivity contribution in [3.05, 3.63) is 23.5 Å². The first kappa shape index (κ1) is 20.2. The number of likely N-dealkylation sites (N-methyl/N-ethyl adjacent to an activating group) is 1. The fourth-order valence-corrected chi connectivity index (χ4v) is 5.40. The Morgan fingerprint density at radius 1 is 1.41 bits per heavy atom. The van der Waals surface area contributed by atoms with Crippen molar-refractivity contribution in [2.24, 2.45) is 7.05 Å². The van der Waals surface area contributed by atoms with E-state index in [4.69, 9.17) is 4.74 Å². The molecule has 0 N–H and O–H groups in total. The van der Waals surface area contributed by atoms with Gasteiger partial charge in [-0.25, -0.2) is 17.7 Å². The molecule has 1 unspecified atom stereocenters. The molecule has 0 aromatic carbocycles. The highest BCUT2D eigenvalue weighted by atomic mass is 32.2. The van der Waals surface area contributed by atoms with Crippen LogP contribution >= 0.6 is 0 Å². The molecule has 9 heteroatoms. The van der Waals surface area contributed by atoms with Gasteiger partial charge in [0.15, 0.2) is 5.65 Å². The molecule has 1 atom stereocenters. The van der Waals surface area contributed by atoms with Crippen LogP contribution in [-0.2, 0) is 28.4 Å². The highest BCUT2D eigenvalue weighted by molar-refractivity contribution is 7.89. The molecular formula is C18H29N5O3S. The molecular weight excluding hydrogens is 366 g/mol. The van der Waals surface area contributed by atoms with Crippen LogP contribution < -0.4 is 0 Å². The lowest BCUT2D eigenvalue weighted by molar-refractivity contribution is 0.182. The van der Waals surface area contributed by atoms with Gasteiger partial charge in [0, 0.05) is 52.4 Å². The summed E-state index contributed by atoms with van der Waals surface area (Å²) in [5.41, 5.74) is 2.92. The zero-order valence-electron chi connectivity index (χ0n) is 16.6. The van der Waals surface area contributed by atoms with Crippen LogP contribution in [0.15, 0.2) is 12.3 Å². The highest BCUT2D eigenvalue weighted by Crippen LogP contribution is 2.23. The lowest BCUT2D eigenvalue weighted by atomic mass is 10.1. The minimum absolute atomic E-state index is 0.370. The predicted molar refractivity (Wildman–Crippen MR) is 105 cm³/mol. The molecule has 27 heavy (non-hydrogen) atoms. The molecule has 0 saturated carbocycles. The monoisotopic (exact) mass is 395 g/mol. The molecule has 1 fully saturated rings. The molecule has 2 aromatic rings. The Balaban J connectivity index is 1.70. The van der Waals surface area contributed by atoms with Gasteiger partial charge < -0.3 is 4.74 Å². The lowest BCUT2D eigenvalue weighted by Gasteiger charge is -2.34. The molecule has 1 aliphatic heterocycles. The first-order valence-electron chi connectivity index (χ1n) is 9.27. The molecule has 1 aliphatic rings. The number of hydrogen-bond donors (Lipinski definition) is 0. The van der Waals surface area contributed by atoms with Gasteiger partial charge in [-0.2, -0.15) is 5.10 Å². The fraction of sp³-hybridized carbons (Fsp3) is 0.667. The summed E-state index contributed by atoms with van der Waals surface area (Å²) in [6.45, 7) is 4.91. The maximum absolute atomic E-state index is 12.8. The Morgan fingerprint density at radius 2 is 2.19 bits per heavy atom. The van der Waals surface area contributed by atoms with E-state index in [1.165, 1.54) is 4.31 Å². The number of rotatable bonds is 7. The maximum atomic E-state index is 12.8. The van der Waals surface area contributed by atoms with Crippen molar-refractivity contribution in [3.63, 3.8) is 0 Å². The number of piperidine rings is 1. The average Bonchev–Trinajstić information content (AvgIpc) is 2.93. The summed E-state index contributed by atoms with van der Waals surface area (Å²) in [6.07, 6.45) is 3.45. The molecule has 3 heterocycles. The van der Waals surface area contributed by atoms with Crippen molar-refractivity contribution in [2.45, 2.75) is 31.6 Å². The van der Waals surface area contributed by atoms with Gasteiger partial charge in [0.05, 0.1) is 17.6 Å². The van der Waals surface area contributed by atoms with E-state index < -0.39 is 10.0 Å². The zero-order chi connectivity index (χ0) is 19.6. The Labute approximate surface area is 161 Å². The molecule has 8 nitrogen and oxygen atoms in total. The summed E-state index contributed by atoms with van der Waals surface area (Å²) in [6, 6.07) is 2.12. The molecule has 0 bridgehead atoms. The van der Waals surface area contributed by atoms with Gasteiger partial charge in [-0.05, 0) is 37.9 Å². The molecule has 0 amide bonds. The number of aryl methyl sites for hydroxylation is 2. The highest BCUT2D eigenvalue weighted by Gasteiger charge is 2.33. The Bertz CT molecular complexity index is 896. The predicted octanol–water partition coefficient (Wildman–Crippen LogP) is 1.15. The summed E-state index contributed by atoms with van der Waals surface area (Å²) in [7, 11) is 1.79. The normalized spacial score (nSPS) is 19.2. The topological polar surface area (TPSA) is 80.6 Å². The van der Waals surface area contributed by atoms with E-state index in [1.54, 1.807) is 18.8 Å². The van der Waals surface area contributed by atoms with Crippen LogP contribution in [0.1, 0.15) is 24.1 Å². The molecule has 3 rings (SSSR count). The first-order valence-corrected chi connectivity index (χ1v) is 10.8. The average molecular weight is 396 g/mol. The van der Waals surface area contributed by atoms with E-state index in [9.17, 15) is 8.42 Å². The largest absolute Gasteiger partial charge is 0.383 e. The minimum Gasteiger partial charge on any atom is -0.383 e. The van der Waals surface area contributed by atoms with E-state index in [0.29, 0.717) is 32.7 Å². The summed E-state index contributed by atoms with van der Waals surface area (Å²) in [5, 5.41) is 5.09. The standard InChI is InChI=1S/C18H29N5O3S/c1-14-17-10-15(11-19-18(17)22(3)20-14)12-23-7-5-6-16(13-23)27(24,25)21(2)8-9-26-4/h10-11,16H,5-9,12-13H2,1-4H3. The quantitative estimate of drug-likeness (QED) is 0.700. The Morgan fingerprint density at radius 3 is 2.93 bits per heavy atom. The van der Waals surface area contributed by atoms with Crippen LogP contribution in [0.25, 0.3) is 11.0 Å². The van der Waals surface area contributed by atoms with Crippen LogP contribution in [0.4, 0.5) is 0 Å². The van der Waals surface area contributed by atoms with Crippen LogP contribution in [-0.4, -0.2) is 78.0 Å². The second-order valence-electron chi connectivity index (χ2n) is 7.28. The van der Waals surface area contributed by atoms with Crippen molar-refractivity contribution in [1.29, 1.82) is 0 Å². The number of ether oxygens (including phenoxy) is 1. The third-order valence-corrected chi connectivity index (χ3v) is 7.53. The number of nitrogens with zero attached hydrogens (tertiary/aromatic N) is 5. The van der Waals surface area contributed by atoms with E-state index in [-0.39, 0.29) is 5.25 Å². The summed E-state index contributed by atoms with van der Waals surface area (Å²) in [4.78, 5) is 6.74. The number of fused-ring (bicyclic) bond motifs is 1. The molecule has 2 aromatic heterocycles. The molecule has 0 radical (unpaired) electrons. The van der Waals surface area contributed by atoms with Gasteiger partial charge >= 0.3 is 0 Å². The number of methoxy groups -OCH3 is 1. The van der Waals surface area contributed by atoms with Crippen LogP contribution in [0.5, 0.6) is 0 Å². The molecule has 1 saturated heterocycles. The third kappa shape index (κ3) is 4.31. The van der Waals surface area contributed by atoms with Crippen molar-refractivity contribution in [1.82, 2.24) is 24.0 Å². The van der Waals surface area contributed by atoms with Gasteiger partial charge in [0.25, 0.3) is 0 Å². The van der Waals surface area contributed by atoms with Crippen molar-refractivity contribution >= 4 is 21.1 Å². The van der Waals surface area contributed by atoms with Crippen molar-refractivity contribution < 1.29 is 13.2 Å². The lowest BCUT2D eigenvalue weighted by Crippen LogP contribution is -2.47. The van der Waals surface area contributed by atoms with Gasteiger partial charge in [-0.15, -0.1) is 0 Å². The number of hydrogen-bond acceptors (Lipinski definition) is 6. The number of aromatic nitrogens is 3. The summed E-state index contributed by atoms with van der Waals surface area (Å²) >= 11 is 0. The number of sulfonamides is 1. The smallest absolute Gasteiger partial charge is 0.218 e. The van der Waals surface area contributed by atoms with Crippen molar-refractivity contribution in [2.75, 3.05) is 40.4 Å². The Kier molecular flexibility index (Phi) is 6.15. The van der Waals surface area contributed by atoms with E-state index >= 15 is 0 Å². The summed E-state index contributed by atoms with van der Waals surface area (Å²) in [5.74, 6) is 0. The third-order valence-electron chi connectivity index (χ3n) is 5.25. The molecule has 150 valence electrons. The maximum Gasteiger partial charge on any atom is 0.218 e. The molecule has 0 spiro atoms. The van der Waals surface area contributed by atoms with Gasteiger partial charge in [-0.3, -0.25) is 9.58 Å². The first-order chi connectivity index (χ1) is 12.8. The number of pyridine rings is 1. The minimum atomic E-state index is -3.31. The van der Waals surface area contributed by atoms with Gasteiger partial charge in [0.2, 0.25) is 10.0 Å². The van der Waals surface area contributed by atoms with E-state index in [0.717, 1.165) is 35.3 Å². The van der Waals surface area contributed by atoms with Crippen LogP contribution in [0.3, 0.4) is 0 Å². The number of likely N-dealkylation sites (tertiary alicyclic amines) is 1. The fourth-order valence-electron chi connectivity index (χ4n) is 3.70. The second-order valence-corrected chi connectivity index (χ2v) is 9.60.